The number of carbonyl (C=O) groups is 1. The van der Waals surface area contributed by atoms with E-state index in [0.717, 1.165) is 31.7 Å². The predicted octanol–water partition coefficient (Wildman–Crippen LogP) is 4.98. The second-order valence-electron chi connectivity index (χ2n) is 6.77. The number of hydrogen-bond acceptors (Lipinski definition) is 5. The number of nitrogens with zero attached hydrogens (tertiary/aromatic N) is 2. The fraction of sp³-hybridized carbons (Fsp3) is 0.227. The molecule has 0 saturated heterocycles. The molecule has 0 fully saturated rings. The van der Waals surface area contributed by atoms with Crippen LogP contribution in [0.25, 0.3) is 21.0 Å². The topological polar surface area (TPSA) is 64.0 Å². The van der Waals surface area contributed by atoms with Crippen molar-refractivity contribution in [2.24, 2.45) is 0 Å². The van der Waals surface area contributed by atoms with E-state index in [1.807, 2.05) is 63.2 Å². The summed E-state index contributed by atoms with van der Waals surface area (Å²) in [5.41, 5.74) is 1.75. The van der Waals surface area contributed by atoms with Crippen molar-refractivity contribution in [3.63, 3.8) is 0 Å². The number of benzene rings is 2. The monoisotopic (exact) mass is 423 g/mol. The summed E-state index contributed by atoms with van der Waals surface area (Å²) < 4.78 is 1.65. The van der Waals surface area contributed by atoms with Crippen LogP contribution >= 0.6 is 23.1 Å². The first-order chi connectivity index (χ1) is 14.0. The van der Waals surface area contributed by atoms with E-state index in [-0.39, 0.29) is 17.2 Å². The van der Waals surface area contributed by atoms with Crippen LogP contribution in [-0.4, -0.2) is 21.2 Å². The molecule has 0 atom stereocenters. The van der Waals surface area contributed by atoms with Gasteiger partial charge in [0.15, 0.2) is 5.16 Å². The van der Waals surface area contributed by atoms with Crippen LogP contribution in [0.15, 0.2) is 52.4 Å². The van der Waals surface area contributed by atoms with Crippen molar-refractivity contribution in [3.8, 4) is 0 Å². The number of nitrogens with one attached hydrogen (secondary N) is 1. The van der Waals surface area contributed by atoms with Gasteiger partial charge in [-0.15, -0.1) is 11.3 Å². The molecule has 0 aliphatic heterocycles. The van der Waals surface area contributed by atoms with Gasteiger partial charge in [0.05, 0.1) is 11.1 Å². The molecule has 0 aliphatic carbocycles. The van der Waals surface area contributed by atoms with E-state index >= 15 is 0 Å². The normalized spacial score (nSPS) is 11.3. The Bertz CT molecular complexity index is 1290. The van der Waals surface area contributed by atoms with Crippen LogP contribution in [0, 0.1) is 13.8 Å². The number of aryl methyl sites for hydroxylation is 2. The van der Waals surface area contributed by atoms with E-state index in [0.29, 0.717) is 17.1 Å². The molecule has 1 amide bonds. The molecule has 0 aliphatic rings. The highest BCUT2D eigenvalue weighted by atomic mass is 32.2. The van der Waals surface area contributed by atoms with Crippen molar-refractivity contribution in [1.29, 1.82) is 0 Å². The Morgan fingerprint density at radius 1 is 1.17 bits per heavy atom. The van der Waals surface area contributed by atoms with Gasteiger partial charge in [-0.25, -0.2) is 4.98 Å². The van der Waals surface area contributed by atoms with Gasteiger partial charge in [-0.05, 0) is 37.8 Å². The molecule has 0 radical (unpaired) electrons. The standard InChI is InChI=1S/C22H21N3O2S2/c1-4-25-21(27)19-13(2)14(3)29-20(19)24-22(25)28-12-18(26)23-17-11-7-9-15-8-5-6-10-16(15)17/h5-11H,4,12H2,1-3H3,(H,23,26). The summed E-state index contributed by atoms with van der Waals surface area (Å²) >= 11 is 2.82. The molecule has 2 aromatic carbocycles. The van der Waals surface area contributed by atoms with Crippen LogP contribution in [-0.2, 0) is 11.3 Å². The third-order valence-corrected chi connectivity index (χ3v) is 7.04. The molecule has 0 bridgehead atoms. The summed E-state index contributed by atoms with van der Waals surface area (Å²) in [6.07, 6.45) is 0. The number of carbonyl (C=O) groups excluding carboxylic acids is 1. The minimum absolute atomic E-state index is 0.0312. The van der Waals surface area contributed by atoms with Crippen LogP contribution < -0.4 is 10.9 Å². The van der Waals surface area contributed by atoms with Crippen molar-refractivity contribution in [1.82, 2.24) is 9.55 Å². The lowest BCUT2D eigenvalue weighted by atomic mass is 10.1. The van der Waals surface area contributed by atoms with Gasteiger partial charge in [0, 0.05) is 22.5 Å². The molecule has 0 unspecified atom stereocenters. The Balaban J connectivity index is 1.58. The number of fused-ring (bicyclic) bond motifs is 2. The van der Waals surface area contributed by atoms with Gasteiger partial charge in [-0.2, -0.15) is 0 Å². The molecule has 2 aromatic heterocycles. The molecule has 4 rings (SSSR count). The van der Waals surface area contributed by atoms with Crippen LogP contribution in [0.4, 0.5) is 5.69 Å². The Kier molecular flexibility index (Phi) is 5.43. The number of hydrogen-bond donors (Lipinski definition) is 1. The van der Waals surface area contributed by atoms with Crippen molar-refractivity contribution >= 4 is 55.7 Å². The number of anilines is 1. The number of amides is 1. The zero-order chi connectivity index (χ0) is 20.5. The first-order valence-electron chi connectivity index (χ1n) is 9.40. The Labute approximate surface area is 176 Å². The fourth-order valence-electron chi connectivity index (χ4n) is 3.35. The van der Waals surface area contributed by atoms with E-state index in [9.17, 15) is 9.59 Å². The van der Waals surface area contributed by atoms with E-state index < -0.39 is 0 Å². The lowest BCUT2D eigenvalue weighted by molar-refractivity contribution is -0.113. The SMILES string of the molecule is CCn1c(SCC(=O)Nc2cccc3ccccc23)nc2sc(C)c(C)c2c1=O. The minimum Gasteiger partial charge on any atom is -0.325 e. The molecule has 2 heterocycles. The second kappa shape index (κ2) is 8.00. The summed E-state index contributed by atoms with van der Waals surface area (Å²) in [7, 11) is 0. The van der Waals surface area contributed by atoms with Gasteiger partial charge in [-0.1, -0.05) is 48.2 Å². The smallest absolute Gasteiger partial charge is 0.263 e. The van der Waals surface area contributed by atoms with Gasteiger partial charge in [0.1, 0.15) is 4.83 Å². The lowest BCUT2D eigenvalue weighted by Gasteiger charge is -2.11. The molecule has 1 N–H and O–H groups in total. The van der Waals surface area contributed by atoms with Crippen molar-refractivity contribution in [2.75, 3.05) is 11.1 Å². The first kappa shape index (κ1) is 19.7. The number of aromatic nitrogens is 2. The number of rotatable bonds is 5. The van der Waals surface area contributed by atoms with Crippen LogP contribution in [0.5, 0.6) is 0 Å². The molecule has 29 heavy (non-hydrogen) atoms. The second-order valence-corrected chi connectivity index (χ2v) is 8.92. The minimum atomic E-state index is -0.123. The van der Waals surface area contributed by atoms with Gasteiger partial charge in [0.25, 0.3) is 5.56 Å². The molecule has 5 nitrogen and oxygen atoms in total. The maximum Gasteiger partial charge on any atom is 0.263 e. The average molecular weight is 424 g/mol. The first-order valence-corrected chi connectivity index (χ1v) is 11.2. The van der Waals surface area contributed by atoms with Crippen LogP contribution in [0.3, 0.4) is 0 Å². The summed E-state index contributed by atoms with van der Waals surface area (Å²) in [5.74, 6) is 0.0618. The van der Waals surface area contributed by atoms with E-state index in [2.05, 4.69) is 10.3 Å². The molecule has 148 valence electrons. The van der Waals surface area contributed by atoms with Gasteiger partial charge in [-0.3, -0.25) is 14.2 Å². The molecular formula is C22H21N3O2S2. The highest BCUT2D eigenvalue weighted by molar-refractivity contribution is 7.99. The van der Waals surface area contributed by atoms with Crippen molar-refractivity contribution in [3.05, 3.63) is 63.3 Å². The average Bonchev–Trinajstić information content (AvgIpc) is 3.00. The van der Waals surface area contributed by atoms with Crippen molar-refractivity contribution in [2.45, 2.75) is 32.5 Å². The van der Waals surface area contributed by atoms with E-state index in [1.165, 1.54) is 23.1 Å². The Hall–Kier alpha value is -2.64. The third kappa shape index (κ3) is 3.68. The summed E-state index contributed by atoms with van der Waals surface area (Å²) in [4.78, 5) is 32.0. The molecule has 7 heteroatoms. The fourth-order valence-corrected chi connectivity index (χ4v) is 5.28. The summed E-state index contributed by atoms with van der Waals surface area (Å²) in [6, 6.07) is 13.8. The zero-order valence-electron chi connectivity index (χ0n) is 16.5. The molecular weight excluding hydrogens is 402 g/mol. The molecule has 0 saturated carbocycles. The van der Waals surface area contributed by atoms with Crippen LogP contribution in [0.1, 0.15) is 17.4 Å². The van der Waals surface area contributed by atoms with Gasteiger partial charge in [0.2, 0.25) is 5.91 Å². The maximum absolute atomic E-state index is 12.9. The number of thiophene rings is 1. The largest absolute Gasteiger partial charge is 0.325 e. The summed E-state index contributed by atoms with van der Waals surface area (Å²) in [6.45, 7) is 6.40. The maximum atomic E-state index is 12.9. The predicted molar refractivity (Wildman–Crippen MR) is 122 cm³/mol. The summed E-state index contributed by atoms with van der Waals surface area (Å²) in [5, 5.41) is 6.34. The highest BCUT2D eigenvalue weighted by Crippen LogP contribution is 2.28. The van der Waals surface area contributed by atoms with Gasteiger partial charge >= 0.3 is 0 Å². The number of thioether (sulfide) groups is 1. The quantitative estimate of drug-likeness (QED) is 0.363. The van der Waals surface area contributed by atoms with E-state index in [1.54, 1.807) is 4.57 Å². The zero-order valence-corrected chi connectivity index (χ0v) is 18.1. The third-order valence-electron chi connectivity index (χ3n) is 4.97. The van der Waals surface area contributed by atoms with Crippen LogP contribution in [0.2, 0.25) is 0 Å². The Morgan fingerprint density at radius 3 is 2.72 bits per heavy atom. The highest BCUT2D eigenvalue weighted by Gasteiger charge is 2.17. The van der Waals surface area contributed by atoms with E-state index in [4.69, 9.17) is 0 Å². The molecule has 4 aromatic rings. The Morgan fingerprint density at radius 2 is 1.93 bits per heavy atom. The van der Waals surface area contributed by atoms with Crippen molar-refractivity contribution < 1.29 is 4.79 Å². The lowest BCUT2D eigenvalue weighted by Crippen LogP contribution is -2.23. The van der Waals surface area contributed by atoms with Gasteiger partial charge < -0.3 is 5.32 Å². The molecule has 0 spiro atoms.